The molecule has 0 bridgehead atoms. The van der Waals surface area contributed by atoms with E-state index in [1.807, 2.05) is 11.0 Å². The average molecular weight is 371 g/mol. The van der Waals surface area contributed by atoms with E-state index in [2.05, 4.69) is 53.7 Å². The third-order valence-electron chi connectivity index (χ3n) is 5.24. The van der Waals surface area contributed by atoms with Gasteiger partial charge in [0.05, 0.1) is 5.75 Å². The van der Waals surface area contributed by atoms with Gasteiger partial charge < -0.3 is 9.47 Å². The number of aryl methyl sites for hydroxylation is 1. The molecule has 2 aromatic rings. The maximum absolute atomic E-state index is 13.0. The van der Waals surface area contributed by atoms with Crippen molar-refractivity contribution in [3.05, 3.63) is 35.7 Å². The number of hydrogen-bond acceptors (Lipinski definition) is 4. The Bertz CT molecular complexity index is 812. The van der Waals surface area contributed by atoms with E-state index in [1.54, 1.807) is 0 Å². The predicted molar refractivity (Wildman–Crippen MR) is 105 cm³/mol. The number of nitrogens with zero attached hydrogens (tertiary/aromatic N) is 4. The lowest BCUT2D eigenvalue weighted by Gasteiger charge is -2.35. The first-order valence-electron chi connectivity index (χ1n) is 9.53. The van der Waals surface area contributed by atoms with Crippen LogP contribution in [0.2, 0.25) is 0 Å². The summed E-state index contributed by atoms with van der Waals surface area (Å²) >= 11 is 1.53. The van der Waals surface area contributed by atoms with Gasteiger partial charge >= 0.3 is 0 Å². The van der Waals surface area contributed by atoms with E-state index >= 15 is 0 Å². The molecule has 0 radical (unpaired) electrons. The normalized spacial score (nSPS) is 19.7. The van der Waals surface area contributed by atoms with Gasteiger partial charge in [0.2, 0.25) is 5.91 Å². The number of aromatic nitrogens is 3. The van der Waals surface area contributed by atoms with Crippen molar-refractivity contribution in [3.63, 3.8) is 0 Å². The highest BCUT2D eigenvalue weighted by Gasteiger charge is 2.32. The second-order valence-corrected chi connectivity index (χ2v) is 8.61. The van der Waals surface area contributed by atoms with Gasteiger partial charge in [0.15, 0.2) is 5.16 Å². The van der Waals surface area contributed by atoms with Crippen molar-refractivity contribution in [2.75, 3.05) is 10.7 Å². The Hall–Kier alpha value is -1.82. The number of anilines is 1. The largest absolute Gasteiger partial charge is 0.309 e. The van der Waals surface area contributed by atoms with E-state index in [0.717, 1.165) is 29.5 Å². The van der Waals surface area contributed by atoms with Crippen LogP contribution in [-0.4, -0.2) is 32.5 Å². The van der Waals surface area contributed by atoms with E-state index in [1.165, 1.54) is 30.2 Å². The summed E-state index contributed by atoms with van der Waals surface area (Å²) in [6, 6.07) is 9.03. The minimum atomic E-state index is 0.158. The molecule has 2 aliphatic rings. The monoisotopic (exact) mass is 370 g/mol. The number of hydrogen-bond donors (Lipinski definition) is 0. The van der Waals surface area contributed by atoms with E-state index < -0.39 is 0 Å². The van der Waals surface area contributed by atoms with Crippen molar-refractivity contribution < 1.29 is 4.79 Å². The van der Waals surface area contributed by atoms with Crippen molar-refractivity contribution in [2.45, 2.75) is 69.6 Å². The van der Waals surface area contributed by atoms with E-state index in [4.69, 9.17) is 0 Å². The van der Waals surface area contributed by atoms with Crippen molar-refractivity contribution in [1.82, 2.24) is 14.8 Å². The molecule has 1 aliphatic heterocycles. The summed E-state index contributed by atoms with van der Waals surface area (Å²) in [5.41, 5.74) is 2.34. The number of rotatable bonds is 5. The van der Waals surface area contributed by atoms with Crippen LogP contribution < -0.4 is 4.90 Å². The molecule has 1 atom stereocenters. The Balaban J connectivity index is 1.51. The molecule has 1 aliphatic carbocycles. The summed E-state index contributed by atoms with van der Waals surface area (Å²) < 4.78 is 2.26. The van der Waals surface area contributed by atoms with Crippen molar-refractivity contribution in [1.29, 1.82) is 0 Å². The standard InChI is InChI=1S/C20H26N4OS/c1-13(2)19-21-22-20(24(19)16-10-11-16)26-12-18(25)23-14(3)8-9-15-6-4-5-7-17(15)23/h4-7,13-14,16H,8-12H2,1-3H3/t14-/m1/s1. The van der Waals surface area contributed by atoms with Gasteiger partial charge in [-0.15, -0.1) is 10.2 Å². The highest BCUT2D eigenvalue weighted by Crippen LogP contribution is 2.40. The van der Waals surface area contributed by atoms with Crippen LogP contribution in [0.3, 0.4) is 0 Å². The molecule has 0 N–H and O–H groups in total. The summed E-state index contributed by atoms with van der Waals surface area (Å²) in [4.78, 5) is 15.0. The van der Waals surface area contributed by atoms with Crippen LogP contribution in [0.25, 0.3) is 0 Å². The Morgan fingerprint density at radius 3 is 2.73 bits per heavy atom. The molecule has 0 saturated heterocycles. The molecule has 5 nitrogen and oxygen atoms in total. The molecule has 138 valence electrons. The molecular formula is C20H26N4OS. The molecule has 2 heterocycles. The van der Waals surface area contributed by atoms with E-state index in [-0.39, 0.29) is 11.9 Å². The van der Waals surface area contributed by atoms with Crippen molar-refractivity contribution in [2.24, 2.45) is 0 Å². The zero-order valence-electron chi connectivity index (χ0n) is 15.7. The molecule has 1 aromatic heterocycles. The molecule has 4 rings (SSSR count). The molecule has 1 aromatic carbocycles. The van der Waals surface area contributed by atoms with Gasteiger partial charge in [-0.2, -0.15) is 0 Å². The minimum absolute atomic E-state index is 0.158. The average Bonchev–Trinajstić information content (AvgIpc) is 3.38. The molecule has 1 saturated carbocycles. The van der Waals surface area contributed by atoms with Crippen LogP contribution in [0.15, 0.2) is 29.4 Å². The summed E-state index contributed by atoms with van der Waals surface area (Å²) in [7, 11) is 0. The molecule has 26 heavy (non-hydrogen) atoms. The van der Waals surface area contributed by atoms with E-state index in [0.29, 0.717) is 17.7 Å². The fraction of sp³-hybridized carbons (Fsp3) is 0.550. The molecule has 0 spiro atoms. The molecular weight excluding hydrogens is 344 g/mol. The zero-order chi connectivity index (χ0) is 18.3. The summed E-state index contributed by atoms with van der Waals surface area (Å²) in [6.45, 7) is 6.44. The fourth-order valence-corrected chi connectivity index (χ4v) is 4.59. The van der Waals surface area contributed by atoms with Crippen molar-refractivity contribution >= 4 is 23.4 Å². The maximum Gasteiger partial charge on any atom is 0.237 e. The van der Waals surface area contributed by atoms with Gasteiger partial charge in [-0.25, -0.2) is 0 Å². The van der Waals surface area contributed by atoms with Gasteiger partial charge in [0, 0.05) is 23.7 Å². The topological polar surface area (TPSA) is 51.0 Å². The first-order chi connectivity index (χ1) is 12.6. The first-order valence-corrected chi connectivity index (χ1v) is 10.5. The van der Waals surface area contributed by atoms with Crippen LogP contribution in [0.4, 0.5) is 5.69 Å². The van der Waals surface area contributed by atoms with Gasteiger partial charge in [-0.05, 0) is 44.2 Å². The third-order valence-corrected chi connectivity index (χ3v) is 6.16. The van der Waals surface area contributed by atoms with Gasteiger partial charge in [0.1, 0.15) is 5.82 Å². The van der Waals surface area contributed by atoms with Gasteiger partial charge in [-0.3, -0.25) is 4.79 Å². The molecule has 1 fully saturated rings. The van der Waals surface area contributed by atoms with Gasteiger partial charge in [-0.1, -0.05) is 43.8 Å². The number of fused-ring (bicyclic) bond motifs is 1. The number of thioether (sulfide) groups is 1. The predicted octanol–water partition coefficient (Wildman–Crippen LogP) is 4.20. The van der Waals surface area contributed by atoms with E-state index in [9.17, 15) is 4.79 Å². The number of amides is 1. The second-order valence-electron chi connectivity index (χ2n) is 7.67. The lowest BCUT2D eigenvalue weighted by Crippen LogP contribution is -2.43. The fourth-order valence-electron chi connectivity index (χ4n) is 3.72. The van der Waals surface area contributed by atoms with Gasteiger partial charge in [0.25, 0.3) is 0 Å². The number of carbonyl (C=O) groups excluding carboxylic acids is 1. The summed E-state index contributed by atoms with van der Waals surface area (Å²) in [5.74, 6) is 1.95. The first kappa shape index (κ1) is 17.6. The second kappa shape index (κ2) is 7.06. The SMILES string of the molecule is CC(C)c1nnc(SCC(=O)N2c3ccccc3CC[C@H]2C)n1C1CC1. The number of carbonyl (C=O) groups is 1. The zero-order valence-corrected chi connectivity index (χ0v) is 16.5. The van der Waals surface area contributed by atoms with Crippen LogP contribution >= 0.6 is 11.8 Å². The summed E-state index contributed by atoms with van der Waals surface area (Å²) in [5, 5.41) is 9.66. The number of para-hydroxylation sites is 1. The molecule has 1 amide bonds. The maximum atomic E-state index is 13.0. The molecule has 6 heteroatoms. The van der Waals surface area contributed by atoms with Crippen LogP contribution in [0.1, 0.15) is 63.4 Å². The highest BCUT2D eigenvalue weighted by atomic mass is 32.2. The quantitative estimate of drug-likeness (QED) is 0.740. The van der Waals surface area contributed by atoms with Crippen LogP contribution in [0, 0.1) is 0 Å². The number of benzene rings is 1. The lowest BCUT2D eigenvalue weighted by atomic mass is 9.97. The molecule has 0 unspecified atom stereocenters. The van der Waals surface area contributed by atoms with Crippen LogP contribution in [0.5, 0.6) is 0 Å². The summed E-state index contributed by atoms with van der Waals surface area (Å²) in [6.07, 6.45) is 4.44. The van der Waals surface area contributed by atoms with Crippen LogP contribution in [-0.2, 0) is 11.2 Å². The third kappa shape index (κ3) is 3.27. The smallest absolute Gasteiger partial charge is 0.237 e. The Kier molecular flexibility index (Phi) is 4.78. The Labute approximate surface area is 159 Å². The minimum Gasteiger partial charge on any atom is -0.309 e. The highest BCUT2D eigenvalue weighted by molar-refractivity contribution is 7.99. The lowest BCUT2D eigenvalue weighted by molar-refractivity contribution is -0.116. The Morgan fingerprint density at radius 1 is 1.23 bits per heavy atom. The Morgan fingerprint density at radius 2 is 2.00 bits per heavy atom. The van der Waals surface area contributed by atoms with Crippen molar-refractivity contribution in [3.8, 4) is 0 Å².